The van der Waals surface area contributed by atoms with E-state index in [9.17, 15) is 35.1 Å². The summed E-state index contributed by atoms with van der Waals surface area (Å²) >= 11 is 5.23. The van der Waals surface area contributed by atoms with Gasteiger partial charge in [0.1, 0.15) is 12.1 Å². The minimum Gasteiger partial charge on any atom is -0.331 e. The van der Waals surface area contributed by atoms with Gasteiger partial charge in [-0.1, -0.05) is 56.3 Å². The molecule has 0 saturated heterocycles. The molecule has 0 atom stereocenters. The number of nitrogens with zero attached hydrogens (tertiary/aromatic N) is 4. The Morgan fingerprint density at radius 2 is 1.53 bits per heavy atom. The van der Waals surface area contributed by atoms with Crippen molar-refractivity contribution < 1.29 is 35.1 Å². The van der Waals surface area contributed by atoms with E-state index in [0.29, 0.717) is 28.9 Å². The zero-order chi connectivity index (χ0) is 31.6. The predicted molar refractivity (Wildman–Crippen MR) is 149 cm³/mol. The Morgan fingerprint density at radius 1 is 0.907 bits per heavy atom. The van der Waals surface area contributed by atoms with Gasteiger partial charge < -0.3 is 5.32 Å². The van der Waals surface area contributed by atoms with Gasteiger partial charge in [0, 0.05) is 16.8 Å². The monoisotopic (exact) mass is 626 g/mol. The van der Waals surface area contributed by atoms with Gasteiger partial charge in [0.25, 0.3) is 0 Å². The lowest BCUT2D eigenvalue weighted by atomic mass is 9.94. The first-order valence-corrected chi connectivity index (χ1v) is 12.9. The van der Waals surface area contributed by atoms with Crippen LogP contribution < -0.4 is 10.7 Å². The van der Waals surface area contributed by atoms with Gasteiger partial charge in [0.15, 0.2) is 10.9 Å². The Labute approximate surface area is 245 Å². The number of hydrazone groups is 1. The lowest BCUT2D eigenvalue weighted by molar-refractivity contribution is -0.348. The lowest BCUT2D eigenvalue weighted by Gasteiger charge is -2.30. The second-order valence-electron chi connectivity index (χ2n) is 9.55. The summed E-state index contributed by atoms with van der Waals surface area (Å²) < 4.78 is 107. The number of anilines is 1. The Hall–Kier alpha value is -4.40. The third-order valence-corrected chi connectivity index (χ3v) is 6.43. The zero-order valence-electron chi connectivity index (χ0n) is 22.3. The molecule has 4 rings (SSSR count). The van der Waals surface area contributed by atoms with Crippen molar-refractivity contribution in [2.45, 2.75) is 37.8 Å². The highest BCUT2D eigenvalue weighted by Crippen LogP contribution is 2.53. The van der Waals surface area contributed by atoms with Gasteiger partial charge in [0.05, 0.1) is 11.9 Å². The second kappa shape index (κ2) is 12.1. The molecule has 1 aromatic heterocycles. The summed E-state index contributed by atoms with van der Waals surface area (Å²) in [6.07, 6.45) is -9.73. The molecule has 4 aromatic rings. The first-order chi connectivity index (χ1) is 20.1. The number of halogens is 8. The standard InChI is InChI=1S/C28H22F8N6S/c1-16(2)22-12-9-20(29)13-23(22)39-25(43)40-38-14-17-3-5-18(6-4-17)24-37-15-42(41-24)21-10-7-19(8-11-21)26(30,27(31,32)33)28(34,35)36/h3-16H,1-2H3,(H2,39,40,43)/b38-14+. The van der Waals surface area contributed by atoms with Crippen molar-refractivity contribution in [1.82, 2.24) is 20.2 Å². The van der Waals surface area contributed by atoms with E-state index in [2.05, 4.69) is 25.9 Å². The number of hydrogen-bond acceptors (Lipinski definition) is 4. The van der Waals surface area contributed by atoms with Gasteiger partial charge in [-0.25, -0.2) is 18.4 Å². The molecule has 0 amide bonds. The summed E-state index contributed by atoms with van der Waals surface area (Å²) in [5, 5.41) is 11.3. The molecule has 15 heteroatoms. The molecule has 6 nitrogen and oxygen atoms in total. The van der Waals surface area contributed by atoms with Crippen molar-refractivity contribution in [3.8, 4) is 17.1 Å². The maximum absolute atomic E-state index is 14.3. The molecular formula is C28H22F8N6S. The van der Waals surface area contributed by atoms with Crippen LogP contribution in [-0.4, -0.2) is 38.4 Å². The van der Waals surface area contributed by atoms with E-state index in [1.54, 1.807) is 30.3 Å². The van der Waals surface area contributed by atoms with Gasteiger partial charge in [-0.05, 0) is 53.5 Å². The van der Waals surface area contributed by atoms with Crippen LogP contribution in [0.3, 0.4) is 0 Å². The summed E-state index contributed by atoms with van der Waals surface area (Å²) in [5.41, 5.74) is -1.81. The molecular weight excluding hydrogens is 604 g/mol. The van der Waals surface area contributed by atoms with E-state index in [0.717, 1.165) is 22.4 Å². The van der Waals surface area contributed by atoms with Crippen molar-refractivity contribution in [2.75, 3.05) is 5.32 Å². The Morgan fingerprint density at radius 3 is 2.12 bits per heavy atom. The topological polar surface area (TPSA) is 67.1 Å². The fraction of sp³-hybridized carbons (Fsp3) is 0.214. The first-order valence-electron chi connectivity index (χ1n) is 12.4. The molecule has 0 unspecified atom stereocenters. The molecule has 2 N–H and O–H groups in total. The van der Waals surface area contributed by atoms with Gasteiger partial charge in [-0.2, -0.15) is 31.4 Å². The zero-order valence-corrected chi connectivity index (χ0v) is 23.1. The summed E-state index contributed by atoms with van der Waals surface area (Å²) in [6.45, 7) is 3.93. The number of hydrogen-bond donors (Lipinski definition) is 2. The molecule has 0 saturated carbocycles. The van der Waals surface area contributed by atoms with Crippen LogP contribution in [0.2, 0.25) is 0 Å². The van der Waals surface area contributed by atoms with Crippen LogP contribution in [0.15, 0.2) is 78.2 Å². The molecule has 0 aliphatic rings. The van der Waals surface area contributed by atoms with Crippen molar-refractivity contribution in [2.24, 2.45) is 5.10 Å². The molecule has 0 aliphatic heterocycles. The number of aromatic nitrogens is 3. The van der Waals surface area contributed by atoms with Crippen molar-refractivity contribution >= 4 is 29.2 Å². The molecule has 3 aromatic carbocycles. The van der Waals surface area contributed by atoms with E-state index in [4.69, 9.17) is 12.2 Å². The Kier molecular flexibility index (Phi) is 8.85. The molecule has 0 spiro atoms. The van der Waals surface area contributed by atoms with Gasteiger partial charge in [0.2, 0.25) is 0 Å². The second-order valence-corrected chi connectivity index (χ2v) is 9.95. The quantitative estimate of drug-likeness (QED) is 0.0949. The Bertz CT molecular complexity index is 1600. The summed E-state index contributed by atoms with van der Waals surface area (Å²) in [5.74, 6) is -0.0738. The van der Waals surface area contributed by atoms with Gasteiger partial charge >= 0.3 is 18.0 Å². The minimum absolute atomic E-state index is 0.0624. The first kappa shape index (κ1) is 31.5. The third kappa shape index (κ3) is 6.82. The SMILES string of the molecule is CC(C)c1ccc(F)cc1NC(=S)N/N=C/c1ccc(-c2ncn(-c3ccc(C(F)(C(F)(F)F)C(F)(F)F)cc3)n2)cc1. The van der Waals surface area contributed by atoms with Crippen LogP contribution in [0.4, 0.5) is 40.8 Å². The molecule has 0 radical (unpaired) electrons. The summed E-state index contributed by atoms with van der Waals surface area (Å²) in [4.78, 5) is 4.11. The number of rotatable bonds is 7. The van der Waals surface area contributed by atoms with Crippen LogP contribution in [0, 0.1) is 5.82 Å². The molecule has 1 heterocycles. The van der Waals surface area contributed by atoms with E-state index >= 15 is 0 Å². The lowest BCUT2D eigenvalue weighted by Crippen LogP contribution is -2.50. The van der Waals surface area contributed by atoms with Crippen LogP contribution in [0.25, 0.3) is 17.1 Å². The molecule has 0 fully saturated rings. The van der Waals surface area contributed by atoms with Crippen LogP contribution in [0.5, 0.6) is 0 Å². The van der Waals surface area contributed by atoms with E-state index in [1.165, 1.54) is 24.7 Å². The normalized spacial score (nSPS) is 12.6. The third-order valence-electron chi connectivity index (χ3n) is 6.24. The van der Waals surface area contributed by atoms with Crippen LogP contribution in [-0.2, 0) is 5.67 Å². The maximum atomic E-state index is 14.3. The Balaban J connectivity index is 1.41. The number of thiocarbonyl (C=S) groups is 1. The minimum atomic E-state index is -6.21. The predicted octanol–water partition coefficient (Wildman–Crippen LogP) is 7.81. The smallest absolute Gasteiger partial charge is 0.331 e. The van der Waals surface area contributed by atoms with Gasteiger partial charge in [-0.3, -0.25) is 5.43 Å². The van der Waals surface area contributed by atoms with Crippen molar-refractivity contribution in [3.05, 3.63) is 95.6 Å². The average Bonchev–Trinajstić information content (AvgIpc) is 3.42. The van der Waals surface area contributed by atoms with Crippen LogP contribution >= 0.6 is 12.2 Å². The van der Waals surface area contributed by atoms with E-state index < -0.39 is 29.4 Å². The fourth-order valence-corrected chi connectivity index (χ4v) is 4.19. The van der Waals surface area contributed by atoms with Gasteiger partial charge in [-0.15, -0.1) is 5.10 Å². The number of benzene rings is 3. The maximum Gasteiger partial charge on any atom is 0.435 e. The number of alkyl halides is 7. The van der Waals surface area contributed by atoms with Crippen molar-refractivity contribution in [1.29, 1.82) is 0 Å². The molecule has 0 aliphatic carbocycles. The summed E-state index contributed by atoms with van der Waals surface area (Å²) in [7, 11) is 0. The summed E-state index contributed by atoms with van der Waals surface area (Å²) in [6, 6.07) is 13.6. The van der Waals surface area contributed by atoms with Crippen LogP contribution in [0.1, 0.15) is 36.5 Å². The number of nitrogens with one attached hydrogen (secondary N) is 2. The molecule has 0 bridgehead atoms. The molecule has 43 heavy (non-hydrogen) atoms. The average molecular weight is 627 g/mol. The molecule has 226 valence electrons. The highest BCUT2D eigenvalue weighted by molar-refractivity contribution is 7.80. The fourth-order valence-electron chi connectivity index (χ4n) is 4.03. The van der Waals surface area contributed by atoms with E-state index in [-0.39, 0.29) is 22.5 Å². The highest BCUT2D eigenvalue weighted by Gasteiger charge is 2.73. The van der Waals surface area contributed by atoms with Crippen molar-refractivity contribution in [3.63, 3.8) is 0 Å². The van der Waals surface area contributed by atoms with E-state index in [1.807, 2.05) is 13.8 Å². The largest absolute Gasteiger partial charge is 0.435 e. The highest BCUT2D eigenvalue weighted by atomic mass is 32.1.